The lowest BCUT2D eigenvalue weighted by Gasteiger charge is -2.10. The van der Waals surface area contributed by atoms with Crippen LogP contribution in [0.1, 0.15) is 5.56 Å². The summed E-state index contributed by atoms with van der Waals surface area (Å²) in [7, 11) is -3.43. The van der Waals surface area contributed by atoms with Crippen LogP contribution in [0.4, 0.5) is 0 Å². The first-order valence-electron chi connectivity index (χ1n) is 3.37. The van der Waals surface area contributed by atoms with Crippen molar-refractivity contribution in [2.75, 3.05) is 0 Å². The largest absolute Gasteiger partial charge is 0.573 e. The number of hydrogen-bond acceptors (Lipinski definition) is 2. The van der Waals surface area contributed by atoms with E-state index in [1.54, 1.807) is 18.2 Å². The van der Waals surface area contributed by atoms with E-state index in [0.717, 1.165) is 0 Å². The Kier molecular flexibility index (Phi) is 1.29. The number of nitrogens with zero attached hydrogens (tertiary/aromatic N) is 1. The zero-order chi connectivity index (χ0) is 8.77. The van der Waals surface area contributed by atoms with Crippen molar-refractivity contribution in [1.82, 2.24) is 0 Å². The molecule has 0 saturated carbocycles. The van der Waals surface area contributed by atoms with Crippen LogP contribution >= 0.6 is 0 Å². The molecule has 0 amide bonds. The number of benzene rings is 1. The van der Waals surface area contributed by atoms with E-state index in [-0.39, 0.29) is 4.90 Å². The predicted octanol–water partition coefficient (Wildman–Crippen LogP) is 1.73. The second-order valence-corrected chi connectivity index (χ2v) is 4.08. The summed E-state index contributed by atoms with van der Waals surface area (Å²) in [5.74, 6) is 0. The van der Waals surface area contributed by atoms with Gasteiger partial charge in [-0.3, -0.25) is 0 Å². The molecule has 2 rings (SSSR count). The molecule has 0 saturated heterocycles. The molecule has 3 nitrogen and oxygen atoms in total. The highest BCUT2D eigenvalue weighted by atomic mass is 32.2. The van der Waals surface area contributed by atoms with Crippen molar-refractivity contribution in [3.63, 3.8) is 0 Å². The number of hydrogen-bond donors (Lipinski definition) is 0. The van der Waals surface area contributed by atoms with Gasteiger partial charge in [0.05, 0.1) is 4.90 Å². The highest BCUT2D eigenvalue weighted by molar-refractivity contribution is 7.95. The van der Waals surface area contributed by atoms with Crippen LogP contribution < -0.4 is 0 Å². The molecule has 0 N–H and O–H groups in total. The molecule has 0 aliphatic carbocycles. The third kappa shape index (κ3) is 0.848. The number of fused-ring (bicyclic) bond motifs is 1. The maximum Gasteiger partial charge on any atom is 0.123 e. The van der Waals surface area contributed by atoms with Gasteiger partial charge in [-0.15, -0.1) is 12.3 Å². The van der Waals surface area contributed by atoms with Gasteiger partial charge in [0.25, 0.3) is 0 Å². The smallest absolute Gasteiger partial charge is 0.123 e. The SMILES string of the molecule is C=C1[N-]S(=O)(=O)c2ccccc21. The van der Waals surface area contributed by atoms with Gasteiger partial charge in [0, 0.05) is 0 Å². The van der Waals surface area contributed by atoms with Gasteiger partial charge in [-0.1, -0.05) is 18.2 Å². The summed E-state index contributed by atoms with van der Waals surface area (Å²) in [6.45, 7) is 3.55. The number of sulfonamides is 1. The monoisotopic (exact) mass is 180 g/mol. The van der Waals surface area contributed by atoms with Crippen molar-refractivity contribution in [3.8, 4) is 0 Å². The second kappa shape index (κ2) is 2.10. The first kappa shape index (κ1) is 7.36. The first-order chi connectivity index (χ1) is 5.61. The van der Waals surface area contributed by atoms with E-state index in [9.17, 15) is 8.42 Å². The topological polar surface area (TPSA) is 48.2 Å². The van der Waals surface area contributed by atoms with Crippen molar-refractivity contribution in [2.45, 2.75) is 4.90 Å². The zero-order valence-corrected chi connectivity index (χ0v) is 7.00. The highest BCUT2D eigenvalue weighted by Gasteiger charge is 2.16. The Balaban J connectivity index is 2.83. The van der Waals surface area contributed by atoms with E-state index in [2.05, 4.69) is 11.3 Å². The minimum absolute atomic E-state index is 0.259. The summed E-state index contributed by atoms with van der Waals surface area (Å²) in [6, 6.07) is 6.67. The van der Waals surface area contributed by atoms with Gasteiger partial charge in [-0.05, 0) is 11.6 Å². The standard InChI is InChI=1S/C8H6NO2S/c1-6-7-4-2-3-5-8(7)12(10,11)9-6/h2-5H,1H2/q-1. The average Bonchev–Trinajstić information content (AvgIpc) is 2.25. The van der Waals surface area contributed by atoms with Gasteiger partial charge >= 0.3 is 0 Å². The van der Waals surface area contributed by atoms with Crippen LogP contribution in [0.2, 0.25) is 0 Å². The minimum atomic E-state index is -3.43. The Morgan fingerprint density at radius 1 is 1.25 bits per heavy atom. The summed E-state index contributed by atoms with van der Waals surface area (Å²) in [5.41, 5.74) is 0.933. The molecule has 1 aromatic rings. The molecule has 0 bridgehead atoms. The summed E-state index contributed by atoms with van der Waals surface area (Å²) in [4.78, 5) is 0.259. The van der Waals surface area contributed by atoms with Crippen LogP contribution in [0.5, 0.6) is 0 Å². The van der Waals surface area contributed by atoms with E-state index < -0.39 is 10.0 Å². The van der Waals surface area contributed by atoms with Crippen LogP contribution in [0.15, 0.2) is 35.7 Å². The molecule has 4 heteroatoms. The van der Waals surface area contributed by atoms with Crippen LogP contribution in [0, 0.1) is 0 Å². The van der Waals surface area contributed by atoms with Crippen LogP contribution in [-0.4, -0.2) is 8.42 Å². The zero-order valence-electron chi connectivity index (χ0n) is 6.19. The molecule has 0 fully saturated rings. The second-order valence-electron chi connectivity index (χ2n) is 2.51. The third-order valence-electron chi connectivity index (χ3n) is 1.71. The predicted molar refractivity (Wildman–Crippen MR) is 46.0 cm³/mol. The van der Waals surface area contributed by atoms with Gasteiger partial charge in [-0.2, -0.15) is 0 Å². The normalized spacial score (nSPS) is 18.5. The molecule has 1 aliphatic rings. The van der Waals surface area contributed by atoms with Gasteiger partial charge in [0.1, 0.15) is 10.0 Å². The Labute approximate surface area is 70.8 Å². The summed E-state index contributed by atoms with van der Waals surface area (Å²) >= 11 is 0. The van der Waals surface area contributed by atoms with Crippen molar-refractivity contribution in [1.29, 1.82) is 0 Å². The highest BCUT2D eigenvalue weighted by Crippen LogP contribution is 2.38. The van der Waals surface area contributed by atoms with Gasteiger partial charge in [0.15, 0.2) is 0 Å². The van der Waals surface area contributed by atoms with E-state index in [1.165, 1.54) is 6.07 Å². The van der Waals surface area contributed by atoms with E-state index in [0.29, 0.717) is 11.3 Å². The lowest BCUT2D eigenvalue weighted by Crippen LogP contribution is -1.90. The molecule has 0 aromatic heterocycles. The lowest BCUT2D eigenvalue weighted by molar-refractivity contribution is 0.605. The molecule has 1 heterocycles. The summed E-state index contributed by atoms with van der Waals surface area (Å²) < 4.78 is 25.9. The van der Waals surface area contributed by atoms with Crippen molar-refractivity contribution >= 4 is 15.7 Å². The molecule has 1 aliphatic heterocycles. The average molecular weight is 180 g/mol. The molecule has 0 unspecified atom stereocenters. The fourth-order valence-electron chi connectivity index (χ4n) is 1.17. The van der Waals surface area contributed by atoms with Gasteiger partial charge in [0.2, 0.25) is 0 Å². The van der Waals surface area contributed by atoms with Crippen LogP contribution in [0.3, 0.4) is 0 Å². The maximum absolute atomic E-state index is 11.2. The van der Waals surface area contributed by atoms with Gasteiger partial charge < -0.3 is 4.72 Å². The molecule has 1 aromatic carbocycles. The van der Waals surface area contributed by atoms with E-state index >= 15 is 0 Å². The molecule has 0 spiro atoms. The lowest BCUT2D eigenvalue weighted by atomic mass is 10.2. The molecule has 12 heavy (non-hydrogen) atoms. The van der Waals surface area contributed by atoms with Crippen molar-refractivity contribution in [3.05, 3.63) is 41.1 Å². The third-order valence-corrected chi connectivity index (χ3v) is 3.08. The Bertz CT molecular complexity index is 448. The molecular formula is C8H6NO2S-. The molecular weight excluding hydrogens is 174 g/mol. The van der Waals surface area contributed by atoms with Crippen LogP contribution in [-0.2, 0) is 10.0 Å². The quantitative estimate of drug-likeness (QED) is 0.610. The fourth-order valence-corrected chi connectivity index (χ4v) is 2.37. The summed E-state index contributed by atoms with van der Waals surface area (Å²) in [5, 5.41) is 0. The Morgan fingerprint density at radius 2 is 1.92 bits per heavy atom. The van der Waals surface area contributed by atoms with Crippen molar-refractivity contribution in [2.24, 2.45) is 0 Å². The fraction of sp³-hybridized carbons (Fsp3) is 0. The minimum Gasteiger partial charge on any atom is -0.573 e. The molecule has 0 atom stereocenters. The Morgan fingerprint density at radius 3 is 2.58 bits per heavy atom. The van der Waals surface area contributed by atoms with E-state index in [4.69, 9.17) is 0 Å². The maximum atomic E-state index is 11.2. The molecule has 62 valence electrons. The van der Waals surface area contributed by atoms with Gasteiger partial charge in [-0.25, -0.2) is 8.42 Å². The first-order valence-corrected chi connectivity index (χ1v) is 4.81. The van der Waals surface area contributed by atoms with Crippen LogP contribution in [0.25, 0.3) is 10.4 Å². The molecule has 0 radical (unpaired) electrons. The summed E-state index contributed by atoms with van der Waals surface area (Å²) in [6.07, 6.45) is 0. The van der Waals surface area contributed by atoms with E-state index in [1.807, 2.05) is 0 Å². The number of rotatable bonds is 0. The van der Waals surface area contributed by atoms with Crippen molar-refractivity contribution < 1.29 is 8.42 Å². The Hall–Kier alpha value is -1.29.